The number of carbonyl (C=O) groups excluding carboxylic acids is 1. The fraction of sp³-hybridized carbons (Fsp3) is 0.900. The number of carbonyl (C=O) groups is 1. The van der Waals surface area contributed by atoms with Gasteiger partial charge in [0.25, 0.3) is 0 Å². The van der Waals surface area contributed by atoms with Crippen LogP contribution in [0.2, 0.25) is 0 Å². The highest BCUT2D eigenvalue weighted by atomic mass is 32.1. The number of nitrogens with zero attached hydrogens (tertiary/aromatic N) is 1. The van der Waals surface area contributed by atoms with Crippen LogP contribution in [0.25, 0.3) is 0 Å². The first-order valence-electron chi connectivity index (χ1n) is 5.50. The van der Waals surface area contributed by atoms with Crippen LogP contribution in [0.4, 0.5) is 4.79 Å². The molecule has 1 heterocycles. The zero-order valence-electron chi connectivity index (χ0n) is 9.19. The summed E-state index contributed by atoms with van der Waals surface area (Å²) >= 11 is 4.36. The summed E-state index contributed by atoms with van der Waals surface area (Å²) in [6.45, 7) is 3.70. The van der Waals surface area contributed by atoms with Crippen molar-refractivity contribution in [2.24, 2.45) is 5.73 Å². The fourth-order valence-corrected chi connectivity index (χ4v) is 2.15. The molecule has 1 saturated heterocycles. The van der Waals surface area contributed by atoms with Crippen molar-refractivity contribution in [3.05, 3.63) is 0 Å². The molecule has 0 radical (unpaired) electrons. The highest BCUT2D eigenvalue weighted by Gasteiger charge is 2.33. The first kappa shape index (κ1) is 12.6. The van der Waals surface area contributed by atoms with Gasteiger partial charge in [-0.1, -0.05) is 13.3 Å². The molecule has 0 spiro atoms. The van der Waals surface area contributed by atoms with Crippen LogP contribution < -0.4 is 5.73 Å². The van der Waals surface area contributed by atoms with Crippen LogP contribution in [-0.2, 0) is 4.74 Å². The average Bonchev–Trinajstić information content (AvgIpc) is 2.60. The molecular formula is C10H20N2O2S. The zero-order valence-corrected chi connectivity index (χ0v) is 10.1. The van der Waals surface area contributed by atoms with Crippen molar-refractivity contribution in [3.63, 3.8) is 0 Å². The minimum absolute atomic E-state index is 0.0987. The molecule has 1 aliphatic heterocycles. The topological polar surface area (TPSA) is 55.6 Å². The Labute approximate surface area is 96.5 Å². The minimum atomic E-state index is -0.240. The molecule has 15 heavy (non-hydrogen) atoms. The second-order valence-corrected chi connectivity index (χ2v) is 4.63. The summed E-state index contributed by atoms with van der Waals surface area (Å²) in [5.74, 6) is 0. The molecule has 5 heteroatoms. The van der Waals surface area contributed by atoms with Crippen molar-refractivity contribution in [2.45, 2.75) is 37.5 Å². The Bertz CT molecular complexity index is 214. The number of hydrogen-bond donors (Lipinski definition) is 2. The number of ether oxygens (including phenoxy) is 1. The lowest BCUT2D eigenvalue weighted by Crippen LogP contribution is -2.40. The molecule has 2 atom stereocenters. The van der Waals surface area contributed by atoms with E-state index in [1.54, 1.807) is 4.90 Å². The second kappa shape index (κ2) is 6.23. The molecule has 2 N–H and O–H groups in total. The van der Waals surface area contributed by atoms with E-state index < -0.39 is 0 Å². The summed E-state index contributed by atoms with van der Waals surface area (Å²) in [5.41, 5.74) is 5.60. The predicted molar refractivity (Wildman–Crippen MR) is 63.2 cm³/mol. The standard InChI is InChI=1S/C10H20N2O2S/c1-2-3-4-14-10(13)12-7-9(15)5-8(12)6-11/h8-9,15H,2-7,11H2,1H3/t8-,9-/m0/s1. The molecule has 0 bridgehead atoms. The smallest absolute Gasteiger partial charge is 0.410 e. The third-order valence-electron chi connectivity index (χ3n) is 2.62. The predicted octanol–water partition coefficient (Wildman–Crippen LogP) is 1.25. The second-order valence-electron chi connectivity index (χ2n) is 3.90. The Hall–Kier alpha value is -0.420. The van der Waals surface area contributed by atoms with Gasteiger partial charge in [-0.3, -0.25) is 0 Å². The van der Waals surface area contributed by atoms with Crippen LogP contribution in [0.3, 0.4) is 0 Å². The summed E-state index contributed by atoms with van der Waals surface area (Å²) in [5, 5.41) is 0.234. The molecule has 0 aromatic carbocycles. The Morgan fingerprint density at radius 2 is 2.40 bits per heavy atom. The molecule has 1 amide bonds. The van der Waals surface area contributed by atoms with E-state index in [0.29, 0.717) is 19.7 Å². The van der Waals surface area contributed by atoms with Crippen molar-refractivity contribution in [1.29, 1.82) is 0 Å². The fourth-order valence-electron chi connectivity index (χ4n) is 1.73. The van der Waals surface area contributed by atoms with Crippen molar-refractivity contribution in [3.8, 4) is 0 Å². The number of unbranched alkanes of at least 4 members (excludes halogenated alkanes) is 1. The monoisotopic (exact) mass is 232 g/mol. The lowest BCUT2D eigenvalue weighted by Gasteiger charge is -2.22. The van der Waals surface area contributed by atoms with Crippen molar-refractivity contribution >= 4 is 18.7 Å². The third kappa shape index (κ3) is 3.57. The quantitative estimate of drug-likeness (QED) is 0.566. The van der Waals surface area contributed by atoms with Gasteiger partial charge in [0.2, 0.25) is 0 Å². The normalized spacial score (nSPS) is 25.7. The zero-order chi connectivity index (χ0) is 11.3. The molecule has 1 aliphatic rings. The summed E-state index contributed by atoms with van der Waals surface area (Å²) in [6.07, 6.45) is 2.57. The summed E-state index contributed by atoms with van der Waals surface area (Å²) in [4.78, 5) is 13.4. The van der Waals surface area contributed by atoms with E-state index in [1.165, 1.54) is 0 Å². The number of likely N-dealkylation sites (tertiary alicyclic amines) is 1. The van der Waals surface area contributed by atoms with Gasteiger partial charge in [0, 0.05) is 24.4 Å². The number of rotatable bonds is 4. The van der Waals surface area contributed by atoms with Crippen molar-refractivity contribution < 1.29 is 9.53 Å². The van der Waals surface area contributed by atoms with Gasteiger partial charge in [0.1, 0.15) is 0 Å². The lowest BCUT2D eigenvalue weighted by molar-refractivity contribution is 0.0980. The van der Waals surface area contributed by atoms with Crippen molar-refractivity contribution in [1.82, 2.24) is 4.90 Å². The molecule has 1 fully saturated rings. The van der Waals surface area contributed by atoms with Gasteiger partial charge in [0.15, 0.2) is 0 Å². The maximum atomic E-state index is 11.6. The molecular weight excluding hydrogens is 212 g/mol. The SMILES string of the molecule is CCCCOC(=O)N1C[C@@H](S)C[C@H]1CN. The molecule has 1 rings (SSSR count). The minimum Gasteiger partial charge on any atom is -0.449 e. The number of nitrogens with two attached hydrogens (primary N) is 1. The van der Waals surface area contributed by atoms with E-state index in [1.807, 2.05) is 0 Å². The van der Waals surface area contributed by atoms with Gasteiger partial charge in [-0.15, -0.1) is 0 Å². The Kier molecular flexibility index (Phi) is 5.25. The Morgan fingerprint density at radius 1 is 1.67 bits per heavy atom. The molecule has 0 aromatic heterocycles. The molecule has 88 valence electrons. The first-order valence-corrected chi connectivity index (χ1v) is 6.02. The van der Waals surface area contributed by atoms with Crippen LogP contribution >= 0.6 is 12.6 Å². The van der Waals surface area contributed by atoms with Crippen LogP contribution in [0.1, 0.15) is 26.2 Å². The summed E-state index contributed by atoms with van der Waals surface area (Å²) < 4.78 is 5.14. The van der Waals surface area contributed by atoms with Gasteiger partial charge in [-0.05, 0) is 12.8 Å². The average molecular weight is 232 g/mol. The number of thiol groups is 1. The number of hydrogen-bond acceptors (Lipinski definition) is 4. The molecule has 0 saturated carbocycles. The maximum absolute atomic E-state index is 11.6. The summed E-state index contributed by atoms with van der Waals surface area (Å²) in [6, 6.07) is 0.0987. The highest BCUT2D eigenvalue weighted by Crippen LogP contribution is 2.21. The van der Waals surface area contributed by atoms with E-state index in [0.717, 1.165) is 19.3 Å². The number of amides is 1. The van der Waals surface area contributed by atoms with Gasteiger partial charge in [0.05, 0.1) is 6.61 Å². The van der Waals surface area contributed by atoms with E-state index in [-0.39, 0.29) is 17.4 Å². The maximum Gasteiger partial charge on any atom is 0.410 e. The van der Waals surface area contributed by atoms with E-state index >= 15 is 0 Å². The Balaban J connectivity index is 2.37. The highest BCUT2D eigenvalue weighted by molar-refractivity contribution is 7.81. The van der Waals surface area contributed by atoms with Crippen LogP contribution in [0.15, 0.2) is 0 Å². The van der Waals surface area contributed by atoms with Crippen LogP contribution in [0.5, 0.6) is 0 Å². The van der Waals surface area contributed by atoms with Gasteiger partial charge in [-0.2, -0.15) is 12.6 Å². The van der Waals surface area contributed by atoms with Crippen molar-refractivity contribution in [2.75, 3.05) is 19.7 Å². The van der Waals surface area contributed by atoms with Gasteiger partial charge >= 0.3 is 6.09 Å². The molecule has 0 aromatic rings. The Morgan fingerprint density at radius 3 is 3.00 bits per heavy atom. The molecule has 4 nitrogen and oxygen atoms in total. The van der Waals surface area contributed by atoms with Crippen LogP contribution in [0, 0.1) is 0 Å². The summed E-state index contributed by atoms with van der Waals surface area (Å²) in [7, 11) is 0. The van der Waals surface area contributed by atoms with E-state index in [4.69, 9.17) is 10.5 Å². The first-order chi connectivity index (χ1) is 7.19. The third-order valence-corrected chi connectivity index (χ3v) is 3.00. The van der Waals surface area contributed by atoms with E-state index in [9.17, 15) is 4.79 Å². The van der Waals surface area contributed by atoms with Gasteiger partial charge < -0.3 is 15.4 Å². The molecule has 0 aliphatic carbocycles. The molecule has 0 unspecified atom stereocenters. The van der Waals surface area contributed by atoms with Crippen LogP contribution in [-0.4, -0.2) is 42.0 Å². The largest absolute Gasteiger partial charge is 0.449 e. The lowest BCUT2D eigenvalue weighted by atomic mass is 10.2. The van der Waals surface area contributed by atoms with E-state index in [2.05, 4.69) is 19.6 Å². The van der Waals surface area contributed by atoms with Gasteiger partial charge in [-0.25, -0.2) is 4.79 Å².